The number of nitriles is 1. The highest BCUT2D eigenvalue weighted by Gasteiger charge is 2.28. The Morgan fingerprint density at radius 3 is 2.75 bits per heavy atom. The molecule has 1 aromatic heterocycles. The van der Waals surface area contributed by atoms with Gasteiger partial charge >= 0.3 is 0 Å². The minimum Gasteiger partial charge on any atom is -0.350 e. The van der Waals surface area contributed by atoms with E-state index in [1.807, 2.05) is 18.7 Å². The van der Waals surface area contributed by atoms with E-state index in [1.54, 1.807) is 0 Å². The molecule has 0 saturated carbocycles. The molecule has 1 fully saturated rings. The molecule has 0 bridgehead atoms. The minimum atomic E-state index is 0.492. The van der Waals surface area contributed by atoms with Crippen LogP contribution in [-0.4, -0.2) is 35.5 Å². The summed E-state index contributed by atoms with van der Waals surface area (Å²) in [4.78, 5) is 2.26. The third-order valence-electron chi connectivity index (χ3n) is 3.12. The highest BCUT2D eigenvalue weighted by molar-refractivity contribution is 5.57. The summed E-state index contributed by atoms with van der Waals surface area (Å²) in [6.45, 7) is 6.88. The largest absolute Gasteiger partial charge is 0.350 e. The molecule has 2 heterocycles. The predicted molar refractivity (Wildman–Crippen MR) is 62.3 cm³/mol. The smallest absolute Gasteiger partial charge is 0.145 e. The molecule has 0 amide bonds. The van der Waals surface area contributed by atoms with Gasteiger partial charge in [0.15, 0.2) is 0 Å². The quantitative estimate of drug-likeness (QED) is 0.799. The number of anilines is 1. The Morgan fingerprint density at radius 2 is 2.31 bits per heavy atom. The van der Waals surface area contributed by atoms with Crippen LogP contribution in [0.25, 0.3) is 0 Å². The van der Waals surface area contributed by atoms with Crippen LogP contribution in [0.2, 0.25) is 0 Å². The second-order valence-corrected chi connectivity index (χ2v) is 4.12. The summed E-state index contributed by atoms with van der Waals surface area (Å²) in [6, 6.07) is 2.75. The van der Waals surface area contributed by atoms with Gasteiger partial charge in [-0.15, -0.1) is 0 Å². The highest BCUT2D eigenvalue weighted by Crippen LogP contribution is 2.24. The van der Waals surface area contributed by atoms with Crippen molar-refractivity contribution in [2.45, 2.75) is 19.9 Å². The number of rotatable bonds is 3. The van der Waals surface area contributed by atoms with Crippen molar-refractivity contribution in [3.05, 3.63) is 11.3 Å². The van der Waals surface area contributed by atoms with E-state index in [9.17, 15) is 5.26 Å². The lowest BCUT2D eigenvalue weighted by atomic mass is 10.1. The van der Waals surface area contributed by atoms with E-state index in [1.165, 1.54) is 0 Å². The van der Waals surface area contributed by atoms with Gasteiger partial charge in [-0.3, -0.25) is 4.68 Å². The van der Waals surface area contributed by atoms with Crippen molar-refractivity contribution in [3.8, 4) is 6.07 Å². The van der Waals surface area contributed by atoms with Crippen molar-refractivity contribution in [2.24, 2.45) is 7.05 Å². The van der Waals surface area contributed by atoms with Crippen LogP contribution in [0, 0.1) is 18.3 Å². The van der Waals surface area contributed by atoms with E-state index < -0.39 is 0 Å². The van der Waals surface area contributed by atoms with Crippen LogP contribution in [-0.2, 0) is 7.05 Å². The molecule has 86 valence electrons. The summed E-state index contributed by atoms with van der Waals surface area (Å²) in [7, 11) is 1.90. The molecular formula is C11H17N5. The molecule has 1 saturated heterocycles. The zero-order valence-corrected chi connectivity index (χ0v) is 9.99. The van der Waals surface area contributed by atoms with Gasteiger partial charge in [0.1, 0.15) is 17.5 Å². The number of likely N-dealkylation sites (N-methyl/N-ethyl adjacent to an activating group) is 1. The lowest BCUT2D eigenvalue weighted by Gasteiger charge is -2.39. The van der Waals surface area contributed by atoms with Crippen LogP contribution in [0.15, 0.2) is 0 Å². The number of aryl methyl sites for hydroxylation is 2. The van der Waals surface area contributed by atoms with Crippen molar-refractivity contribution in [2.75, 3.05) is 24.5 Å². The first-order valence-electron chi connectivity index (χ1n) is 5.60. The number of hydrogen-bond donors (Lipinski definition) is 1. The molecule has 2 rings (SSSR count). The van der Waals surface area contributed by atoms with E-state index in [2.05, 4.69) is 28.3 Å². The van der Waals surface area contributed by atoms with Crippen LogP contribution in [0.5, 0.6) is 0 Å². The number of aromatic nitrogens is 2. The van der Waals surface area contributed by atoms with Gasteiger partial charge in [0.2, 0.25) is 0 Å². The van der Waals surface area contributed by atoms with E-state index >= 15 is 0 Å². The summed E-state index contributed by atoms with van der Waals surface area (Å²) < 4.78 is 1.82. The van der Waals surface area contributed by atoms with Crippen molar-refractivity contribution >= 4 is 5.82 Å². The second kappa shape index (κ2) is 4.14. The molecule has 16 heavy (non-hydrogen) atoms. The fourth-order valence-corrected chi connectivity index (χ4v) is 2.18. The standard InChI is InChI=1S/C11H17N5/c1-4-16(9-6-13-7-9)11-10(5-12)8(2)14-15(11)3/h9,13H,4,6-7H2,1-3H3. The Hall–Kier alpha value is -1.54. The topological polar surface area (TPSA) is 56.9 Å². The van der Waals surface area contributed by atoms with Crippen molar-refractivity contribution in [1.82, 2.24) is 15.1 Å². The Morgan fingerprint density at radius 1 is 1.62 bits per heavy atom. The maximum absolute atomic E-state index is 9.18. The monoisotopic (exact) mass is 219 g/mol. The molecular weight excluding hydrogens is 202 g/mol. The average molecular weight is 219 g/mol. The summed E-state index contributed by atoms with van der Waals surface area (Å²) in [5.74, 6) is 0.953. The Balaban J connectivity index is 2.40. The third-order valence-corrected chi connectivity index (χ3v) is 3.12. The van der Waals surface area contributed by atoms with Crippen LogP contribution in [0.4, 0.5) is 5.82 Å². The third kappa shape index (κ3) is 1.55. The molecule has 0 spiro atoms. The Bertz CT molecular complexity index is 424. The van der Waals surface area contributed by atoms with Crippen LogP contribution in [0.1, 0.15) is 18.2 Å². The fraction of sp³-hybridized carbons (Fsp3) is 0.636. The zero-order chi connectivity index (χ0) is 11.7. The van der Waals surface area contributed by atoms with Gasteiger partial charge in [-0.05, 0) is 13.8 Å². The highest BCUT2D eigenvalue weighted by atomic mass is 15.4. The first kappa shape index (κ1) is 11.0. The first-order valence-corrected chi connectivity index (χ1v) is 5.60. The van der Waals surface area contributed by atoms with Gasteiger partial charge in [0.25, 0.3) is 0 Å². The summed E-state index contributed by atoms with van der Waals surface area (Å²) in [5.41, 5.74) is 1.52. The summed E-state index contributed by atoms with van der Waals surface area (Å²) in [6.07, 6.45) is 0. The number of nitrogens with zero attached hydrogens (tertiary/aromatic N) is 4. The van der Waals surface area contributed by atoms with Gasteiger partial charge in [0.05, 0.1) is 11.7 Å². The van der Waals surface area contributed by atoms with Crippen molar-refractivity contribution in [3.63, 3.8) is 0 Å². The van der Waals surface area contributed by atoms with E-state index in [-0.39, 0.29) is 0 Å². The summed E-state index contributed by atoms with van der Waals surface area (Å²) in [5, 5.41) is 16.8. The molecule has 1 N–H and O–H groups in total. The summed E-state index contributed by atoms with van der Waals surface area (Å²) >= 11 is 0. The molecule has 1 aliphatic heterocycles. The molecule has 0 aliphatic carbocycles. The van der Waals surface area contributed by atoms with Crippen molar-refractivity contribution in [1.29, 1.82) is 5.26 Å². The average Bonchev–Trinajstić information content (AvgIpc) is 2.46. The van der Waals surface area contributed by atoms with E-state index in [0.29, 0.717) is 11.6 Å². The minimum absolute atomic E-state index is 0.492. The zero-order valence-electron chi connectivity index (χ0n) is 9.99. The molecule has 0 unspecified atom stereocenters. The normalized spacial score (nSPS) is 15.6. The van der Waals surface area contributed by atoms with Gasteiger partial charge in [-0.1, -0.05) is 0 Å². The van der Waals surface area contributed by atoms with Crippen LogP contribution in [0.3, 0.4) is 0 Å². The van der Waals surface area contributed by atoms with Gasteiger partial charge in [0, 0.05) is 26.7 Å². The van der Waals surface area contributed by atoms with Gasteiger partial charge in [-0.25, -0.2) is 0 Å². The maximum Gasteiger partial charge on any atom is 0.145 e. The van der Waals surface area contributed by atoms with Crippen LogP contribution < -0.4 is 10.2 Å². The maximum atomic E-state index is 9.18. The molecule has 5 heteroatoms. The fourth-order valence-electron chi connectivity index (χ4n) is 2.18. The number of hydrogen-bond acceptors (Lipinski definition) is 4. The first-order chi connectivity index (χ1) is 7.69. The van der Waals surface area contributed by atoms with Gasteiger partial charge < -0.3 is 10.2 Å². The van der Waals surface area contributed by atoms with Crippen molar-refractivity contribution < 1.29 is 0 Å². The molecule has 5 nitrogen and oxygen atoms in total. The van der Waals surface area contributed by atoms with E-state index in [4.69, 9.17) is 0 Å². The lowest BCUT2D eigenvalue weighted by Crippen LogP contribution is -2.58. The second-order valence-electron chi connectivity index (χ2n) is 4.12. The molecule has 0 aromatic carbocycles. The van der Waals surface area contributed by atoms with Gasteiger partial charge in [-0.2, -0.15) is 10.4 Å². The predicted octanol–water partition coefficient (Wildman–Crippen LogP) is 0.398. The Labute approximate surface area is 95.7 Å². The lowest BCUT2D eigenvalue weighted by molar-refractivity contribution is 0.411. The molecule has 1 aromatic rings. The Kier molecular flexibility index (Phi) is 2.84. The SMILES string of the molecule is CCN(c1c(C#N)c(C)nn1C)C1CNC1. The molecule has 0 radical (unpaired) electrons. The van der Waals surface area contributed by atoms with Crippen LogP contribution >= 0.6 is 0 Å². The molecule has 1 aliphatic rings. The van der Waals surface area contributed by atoms with E-state index in [0.717, 1.165) is 31.1 Å². The number of nitrogens with one attached hydrogen (secondary N) is 1. The molecule has 0 atom stereocenters.